The standard InChI is InChI=1S/C17H15BrF3N3O2/c18-14-9-11(10-22-15(14)24-7-1-2-8-24)16(25)23-12-3-5-13(6-4-12)26-17(19,20)21/h3-6,9-10H,1-2,7-8H2,(H,23,25). The van der Waals surface area contributed by atoms with E-state index >= 15 is 0 Å². The van der Waals surface area contributed by atoms with Crippen LogP contribution in [0.5, 0.6) is 5.75 Å². The molecule has 0 unspecified atom stereocenters. The normalized spacial score (nSPS) is 14.4. The minimum Gasteiger partial charge on any atom is -0.406 e. The Morgan fingerprint density at radius 2 is 1.85 bits per heavy atom. The summed E-state index contributed by atoms with van der Waals surface area (Å²) >= 11 is 3.44. The monoisotopic (exact) mass is 429 g/mol. The molecule has 0 saturated carbocycles. The molecule has 26 heavy (non-hydrogen) atoms. The molecule has 2 heterocycles. The number of ether oxygens (including phenoxy) is 1. The van der Waals surface area contributed by atoms with E-state index in [1.54, 1.807) is 6.07 Å². The van der Waals surface area contributed by atoms with Crippen molar-refractivity contribution in [2.45, 2.75) is 19.2 Å². The number of carbonyl (C=O) groups is 1. The molecular weight excluding hydrogens is 415 g/mol. The third kappa shape index (κ3) is 4.66. The molecule has 0 spiro atoms. The van der Waals surface area contributed by atoms with Gasteiger partial charge in [0.25, 0.3) is 5.91 Å². The molecule has 1 amide bonds. The number of carbonyl (C=O) groups excluding carboxylic acids is 1. The Kier molecular flexibility index (Phi) is 5.36. The van der Waals surface area contributed by atoms with Gasteiger partial charge in [-0.1, -0.05) is 0 Å². The van der Waals surface area contributed by atoms with Gasteiger partial charge in [-0.2, -0.15) is 0 Å². The van der Waals surface area contributed by atoms with Crippen LogP contribution in [0.4, 0.5) is 24.7 Å². The quantitative estimate of drug-likeness (QED) is 0.771. The van der Waals surface area contributed by atoms with Crippen LogP contribution >= 0.6 is 15.9 Å². The van der Waals surface area contributed by atoms with E-state index in [2.05, 4.69) is 35.9 Å². The largest absolute Gasteiger partial charge is 0.573 e. The maximum atomic E-state index is 12.3. The number of benzene rings is 1. The van der Waals surface area contributed by atoms with Crippen LogP contribution in [-0.4, -0.2) is 30.3 Å². The fourth-order valence-electron chi connectivity index (χ4n) is 2.66. The Labute approximate surface area is 156 Å². The maximum Gasteiger partial charge on any atom is 0.573 e. The molecule has 0 atom stereocenters. The summed E-state index contributed by atoms with van der Waals surface area (Å²) in [6.07, 6.45) is -1.04. The fourth-order valence-corrected chi connectivity index (χ4v) is 3.26. The highest BCUT2D eigenvalue weighted by atomic mass is 79.9. The van der Waals surface area contributed by atoms with E-state index in [0.717, 1.165) is 48.4 Å². The predicted molar refractivity (Wildman–Crippen MR) is 94.5 cm³/mol. The van der Waals surface area contributed by atoms with Crippen LogP contribution < -0.4 is 15.0 Å². The van der Waals surface area contributed by atoms with E-state index in [0.29, 0.717) is 11.3 Å². The highest BCUT2D eigenvalue weighted by Crippen LogP contribution is 2.28. The molecule has 138 valence electrons. The summed E-state index contributed by atoms with van der Waals surface area (Å²) in [4.78, 5) is 18.8. The van der Waals surface area contributed by atoms with Crippen LogP contribution in [-0.2, 0) is 0 Å². The van der Waals surface area contributed by atoms with Crippen LogP contribution in [0, 0.1) is 0 Å². The van der Waals surface area contributed by atoms with E-state index in [-0.39, 0.29) is 5.75 Å². The smallest absolute Gasteiger partial charge is 0.406 e. The van der Waals surface area contributed by atoms with E-state index in [9.17, 15) is 18.0 Å². The first-order valence-electron chi connectivity index (χ1n) is 7.89. The van der Waals surface area contributed by atoms with Gasteiger partial charge in [-0.25, -0.2) is 4.98 Å². The Bertz CT molecular complexity index is 791. The van der Waals surface area contributed by atoms with Gasteiger partial charge in [0, 0.05) is 25.0 Å². The van der Waals surface area contributed by atoms with Crippen molar-refractivity contribution < 1.29 is 22.7 Å². The van der Waals surface area contributed by atoms with Gasteiger partial charge in [0.15, 0.2) is 0 Å². The van der Waals surface area contributed by atoms with Crippen LogP contribution in [0.1, 0.15) is 23.2 Å². The minimum absolute atomic E-state index is 0.343. The van der Waals surface area contributed by atoms with Gasteiger partial charge < -0.3 is 15.0 Å². The van der Waals surface area contributed by atoms with E-state index in [1.165, 1.54) is 18.3 Å². The van der Waals surface area contributed by atoms with Crippen molar-refractivity contribution in [3.8, 4) is 5.75 Å². The molecule has 1 N–H and O–H groups in total. The molecule has 0 bridgehead atoms. The highest BCUT2D eigenvalue weighted by molar-refractivity contribution is 9.10. The van der Waals surface area contributed by atoms with Gasteiger partial charge >= 0.3 is 6.36 Å². The van der Waals surface area contributed by atoms with Crippen molar-refractivity contribution >= 4 is 33.3 Å². The van der Waals surface area contributed by atoms with Crippen molar-refractivity contribution in [1.29, 1.82) is 0 Å². The molecule has 9 heteroatoms. The van der Waals surface area contributed by atoms with Crippen molar-refractivity contribution in [3.63, 3.8) is 0 Å². The molecule has 1 aromatic carbocycles. The molecule has 1 aliphatic rings. The Morgan fingerprint density at radius 3 is 2.42 bits per heavy atom. The van der Waals surface area contributed by atoms with Gasteiger partial charge in [0.1, 0.15) is 11.6 Å². The zero-order valence-electron chi connectivity index (χ0n) is 13.5. The number of rotatable bonds is 4. The lowest BCUT2D eigenvalue weighted by Crippen LogP contribution is -2.20. The molecular formula is C17H15BrF3N3O2. The van der Waals surface area contributed by atoms with Crippen LogP contribution in [0.25, 0.3) is 0 Å². The number of aromatic nitrogens is 1. The number of halogens is 4. The van der Waals surface area contributed by atoms with Gasteiger partial charge in [-0.3, -0.25) is 4.79 Å². The topological polar surface area (TPSA) is 54.5 Å². The van der Waals surface area contributed by atoms with Gasteiger partial charge in [0.05, 0.1) is 10.0 Å². The van der Waals surface area contributed by atoms with Gasteiger partial charge in [-0.05, 0) is 59.1 Å². The summed E-state index contributed by atoms with van der Waals surface area (Å²) in [5.41, 5.74) is 0.694. The number of alkyl halides is 3. The van der Waals surface area contributed by atoms with Crippen LogP contribution in [0.2, 0.25) is 0 Å². The molecule has 1 fully saturated rings. The molecule has 5 nitrogen and oxygen atoms in total. The predicted octanol–water partition coefficient (Wildman–Crippen LogP) is 4.60. The number of nitrogens with zero attached hydrogens (tertiary/aromatic N) is 2. The summed E-state index contributed by atoms with van der Waals surface area (Å²) in [6.45, 7) is 1.87. The lowest BCUT2D eigenvalue weighted by atomic mass is 10.2. The number of hydrogen-bond donors (Lipinski definition) is 1. The lowest BCUT2D eigenvalue weighted by molar-refractivity contribution is -0.274. The van der Waals surface area contributed by atoms with E-state index in [1.807, 2.05) is 0 Å². The summed E-state index contributed by atoms with van der Waals surface area (Å²) < 4.78 is 41.0. The maximum absolute atomic E-state index is 12.3. The number of anilines is 2. The van der Waals surface area contributed by atoms with Crippen molar-refractivity contribution in [3.05, 3.63) is 46.6 Å². The third-order valence-corrected chi connectivity index (χ3v) is 4.42. The SMILES string of the molecule is O=C(Nc1ccc(OC(F)(F)F)cc1)c1cnc(N2CCCC2)c(Br)c1. The second-order valence-electron chi connectivity index (χ2n) is 5.75. The Hall–Kier alpha value is -2.29. The second kappa shape index (κ2) is 7.53. The number of amides is 1. The van der Waals surface area contributed by atoms with E-state index < -0.39 is 12.3 Å². The number of hydrogen-bond acceptors (Lipinski definition) is 4. The van der Waals surface area contributed by atoms with Gasteiger partial charge in [0.2, 0.25) is 0 Å². The molecule has 2 aromatic rings. The first-order valence-corrected chi connectivity index (χ1v) is 8.69. The molecule has 1 saturated heterocycles. The van der Waals surface area contributed by atoms with Crippen molar-refractivity contribution in [2.24, 2.45) is 0 Å². The Balaban J connectivity index is 1.67. The summed E-state index contributed by atoms with van der Waals surface area (Å²) in [6, 6.07) is 6.61. The van der Waals surface area contributed by atoms with Crippen LogP contribution in [0.3, 0.4) is 0 Å². The number of pyridine rings is 1. The molecule has 0 aliphatic carbocycles. The molecule has 1 aliphatic heterocycles. The average Bonchev–Trinajstić information content (AvgIpc) is 3.09. The fraction of sp³-hybridized carbons (Fsp3) is 0.294. The zero-order valence-corrected chi connectivity index (χ0v) is 15.1. The summed E-state index contributed by atoms with van der Waals surface area (Å²) in [5.74, 6) is 0.0400. The minimum atomic E-state index is -4.75. The van der Waals surface area contributed by atoms with Crippen molar-refractivity contribution in [1.82, 2.24) is 4.98 Å². The van der Waals surface area contributed by atoms with Crippen LogP contribution in [0.15, 0.2) is 41.0 Å². The van der Waals surface area contributed by atoms with E-state index in [4.69, 9.17) is 0 Å². The Morgan fingerprint density at radius 1 is 1.19 bits per heavy atom. The lowest BCUT2D eigenvalue weighted by Gasteiger charge is -2.18. The summed E-state index contributed by atoms with van der Waals surface area (Å²) in [5, 5.41) is 2.61. The highest BCUT2D eigenvalue weighted by Gasteiger charge is 2.31. The zero-order chi connectivity index (χ0) is 18.7. The second-order valence-corrected chi connectivity index (χ2v) is 6.60. The first-order chi connectivity index (χ1) is 12.3. The summed E-state index contributed by atoms with van der Waals surface area (Å²) in [7, 11) is 0. The third-order valence-electron chi connectivity index (χ3n) is 3.84. The first kappa shape index (κ1) is 18.5. The molecule has 3 rings (SSSR count). The van der Waals surface area contributed by atoms with Gasteiger partial charge in [-0.15, -0.1) is 13.2 Å². The number of nitrogens with one attached hydrogen (secondary N) is 1. The average molecular weight is 430 g/mol. The molecule has 0 radical (unpaired) electrons. The molecule has 1 aromatic heterocycles. The van der Waals surface area contributed by atoms with Crippen molar-refractivity contribution in [2.75, 3.05) is 23.3 Å².